The van der Waals surface area contributed by atoms with Crippen LogP contribution >= 0.6 is 0 Å². The van der Waals surface area contributed by atoms with Crippen LogP contribution < -0.4 is 0 Å². The fraction of sp³-hybridized carbons (Fsp3) is 0.929. The summed E-state index contributed by atoms with van der Waals surface area (Å²) in [5.74, 6) is 0. The third kappa shape index (κ3) is 5.37. The predicted molar refractivity (Wildman–Crippen MR) is 75.2 cm³/mol. The summed E-state index contributed by atoms with van der Waals surface area (Å²) >= 11 is 0. The molecule has 5 nitrogen and oxygen atoms in total. The van der Waals surface area contributed by atoms with E-state index in [0.717, 1.165) is 19.4 Å². The Labute approximate surface area is 116 Å². The van der Waals surface area contributed by atoms with Crippen molar-refractivity contribution in [2.45, 2.75) is 52.2 Å². The first-order chi connectivity index (χ1) is 8.87. The molecule has 1 amide bonds. The van der Waals surface area contributed by atoms with E-state index >= 15 is 0 Å². The number of carbonyl (C=O) groups is 1. The van der Waals surface area contributed by atoms with Crippen molar-refractivity contribution < 1.29 is 14.6 Å². The van der Waals surface area contributed by atoms with Gasteiger partial charge < -0.3 is 14.7 Å². The summed E-state index contributed by atoms with van der Waals surface area (Å²) in [6, 6.07) is 0.347. The second kappa shape index (κ2) is 7.10. The zero-order valence-electron chi connectivity index (χ0n) is 12.7. The molecule has 1 aliphatic rings. The number of likely N-dealkylation sites (tertiary alicyclic amines) is 1. The van der Waals surface area contributed by atoms with E-state index in [0.29, 0.717) is 25.7 Å². The smallest absolute Gasteiger partial charge is 0.410 e. The quantitative estimate of drug-likeness (QED) is 0.827. The van der Waals surface area contributed by atoms with Gasteiger partial charge in [0.05, 0.1) is 6.61 Å². The van der Waals surface area contributed by atoms with Gasteiger partial charge >= 0.3 is 6.09 Å². The standard InChI is InChI=1S/C14H28N2O3/c1-5-15(13(18)19-14(2,3)4)11-12-7-6-8-16(12)9-10-17/h12,17H,5-11H2,1-4H3. The van der Waals surface area contributed by atoms with Gasteiger partial charge in [-0.15, -0.1) is 0 Å². The molecule has 19 heavy (non-hydrogen) atoms. The Morgan fingerprint density at radius 2 is 2.16 bits per heavy atom. The minimum absolute atomic E-state index is 0.176. The number of aliphatic hydroxyl groups excluding tert-OH is 1. The molecular weight excluding hydrogens is 244 g/mol. The zero-order chi connectivity index (χ0) is 14.5. The van der Waals surface area contributed by atoms with Crippen LogP contribution in [0.1, 0.15) is 40.5 Å². The highest BCUT2D eigenvalue weighted by Gasteiger charge is 2.29. The van der Waals surface area contributed by atoms with Crippen molar-refractivity contribution in [2.75, 3.05) is 32.8 Å². The second-order valence-corrected chi connectivity index (χ2v) is 6.07. The van der Waals surface area contributed by atoms with Crippen LogP contribution in [-0.4, -0.2) is 65.4 Å². The lowest BCUT2D eigenvalue weighted by molar-refractivity contribution is 0.0211. The number of hydrogen-bond acceptors (Lipinski definition) is 4. The molecule has 1 saturated heterocycles. The molecule has 1 unspecified atom stereocenters. The van der Waals surface area contributed by atoms with Crippen molar-refractivity contribution in [1.29, 1.82) is 0 Å². The summed E-state index contributed by atoms with van der Waals surface area (Å²) in [5.41, 5.74) is -0.453. The van der Waals surface area contributed by atoms with Gasteiger partial charge in [-0.25, -0.2) is 4.79 Å². The molecule has 1 fully saturated rings. The Balaban J connectivity index is 2.53. The fourth-order valence-electron chi connectivity index (χ4n) is 2.44. The van der Waals surface area contributed by atoms with Gasteiger partial charge in [0.2, 0.25) is 0 Å². The summed E-state index contributed by atoms with van der Waals surface area (Å²) < 4.78 is 5.42. The maximum atomic E-state index is 12.1. The highest BCUT2D eigenvalue weighted by Crippen LogP contribution is 2.19. The van der Waals surface area contributed by atoms with E-state index in [2.05, 4.69) is 4.90 Å². The molecular formula is C14H28N2O3. The molecule has 0 bridgehead atoms. The minimum Gasteiger partial charge on any atom is -0.444 e. The molecule has 112 valence electrons. The molecule has 0 radical (unpaired) electrons. The van der Waals surface area contributed by atoms with Gasteiger partial charge in [0.1, 0.15) is 5.60 Å². The van der Waals surface area contributed by atoms with Crippen LogP contribution in [0.5, 0.6) is 0 Å². The zero-order valence-corrected chi connectivity index (χ0v) is 12.7. The number of likely N-dealkylation sites (N-methyl/N-ethyl adjacent to an activating group) is 1. The highest BCUT2D eigenvalue weighted by molar-refractivity contribution is 5.68. The van der Waals surface area contributed by atoms with Gasteiger partial charge in [0.25, 0.3) is 0 Å². The maximum Gasteiger partial charge on any atom is 0.410 e. The van der Waals surface area contributed by atoms with E-state index in [4.69, 9.17) is 9.84 Å². The molecule has 1 aliphatic heterocycles. The number of ether oxygens (including phenoxy) is 1. The van der Waals surface area contributed by atoms with Gasteiger partial charge in [-0.05, 0) is 47.1 Å². The Morgan fingerprint density at radius 3 is 2.68 bits per heavy atom. The van der Waals surface area contributed by atoms with Gasteiger partial charge in [-0.3, -0.25) is 4.90 Å². The number of aliphatic hydroxyl groups is 1. The maximum absolute atomic E-state index is 12.1. The first kappa shape index (κ1) is 16.2. The van der Waals surface area contributed by atoms with Crippen LogP contribution in [0.2, 0.25) is 0 Å². The molecule has 0 aliphatic carbocycles. The Hall–Kier alpha value is -0.810. The number of nitrogens with zero attached hydrogens (tertiary/aromatic N) is 2. The van der Waals surface area contributed by atoms with Crippen LogP contribution in [0.4, 0.5) is 4.79 Å². The minimum atomic E-state index is -0.453. The van der Waals surface area contributed by atoms with Gasteiger partial charge in [0.15, 0.2) is 0 Å². The summed E-state index contributed by atoms with van der Waals surface area (Å²) in [6.45, 7) is 10.8. The number of carbonyl (C=O) groups excluding carboxylic acids is 1. The largest absolute Gasteiger partial charge is 0.444 e. The summed E-state index contributed by atoms with van der Waals surface area (Å²) in [6.07, 6.45) is 1.97. The summed E-state index contributed by atoms with van der Waals surface area (Å²) in [5, 5.41) is 9.05. The predicted octanol–water partition coefficient (Wildman–Crippen LogP) is 1.70. The summed E-state index contributed by atoms with van der Waals surface area (Å²) in [4.78, 5) is 16.1. The van der Waals surface area contributed by atoms with E-state index in [9.17, 15) is 4.79 Å². The molecule has 0 aromatic rings. The van der Waals surface area contributed by atoms with E-state index < -0.39 is 5.60 Å². The number of amides is 1. The highest BCUT2D eigenvalue weighted by atomic mass is 16.6. The number of hydrogen-bond donors (Lipinski definition) is 1. The van der Waals surface area contributed by atoms with Crippen molar-refractivity contribution in [3.63, 3.8) is 0 Å². The lowest BCUT2D eigenvalue weighted by Gasteiger charge is -2.31. The van der Waals surface area contributed by atoms with Crippen molar-refractivity contribution in [3.8, 4) is 0 Å². The molecule has 1 atom stereocenters. The molecule has 0 saturated carbocycles. The molecule has 5 heteroatoms. The number of β-amino-alcohol motifs (C(OH)–C–C–N with tert-alkyl or cyclic N) is 1. The van der Waals surface area contributed by atoms with E-state index in [1.807, 2.05) is 27.7 Å². The molecule has 1 N–H and O–H groups in total. The van der Waals surface area contributed by atoms with Crippen molar-refractivity contribution in [2.24, 2.45) is 0 Å². The number of rotatable bonds is 5. The van der Waals surface area contributed by atoms with Crippen LogP contribution in [0, 0.1) is 0 Å². The van der Waals surface area contributed by atoms with Gasteiger partial charge in [-0.1, -0.05) is 0 Å². The second-order valence-electron chi connectivity index (χ2n) is 6.07. The van der Waals surface area contributed by atoms with Crippen molar-refractivity contribution in [1.82, 2.24) is 9.80 Å². The molecule has 1 rings (SSSR count). The Bertz CT molecular complexity index is 289. The summed E-state index contributed by atoms with van der Waals surface area (Å²) in [7, 11) is 0. The van der Waals surface area contributed by atoms with Crippen molar-refractivity contribution >= 4 is 6.09 Å². The first-order valence-corrected chi connectivity index (χ1v) is 7.20. The average molecular weight is 272 g/mol. The molecule has 0 aromatic heterocycles. The van der Waals surface area contributed by atoms with Gasteiger partial charge in [-0.2, -0.15) is 0 Å². The van der Waals surface area contributed by atoms with E-state index in [1.165, 1.54) is 0 Å². The molecule has 0 aromatic carbocycles. The lowest BCUT2D eigenvalue weighted by atomic mass is 10.2. The fourth-order valence-corrected chi connectivity index (χ4v) is 2.44. The topological polar surface area (TPSA) is 53.0 Å². The average Bonchev–Trinajstić information content (AvgIpc) is 2.71. The Kier molecular flexibility index (Phi) is 6.07. The molecule has 0 spiro atoms. The first-order valence-electron chi connectivity index (χ1n) is 7.20. The Morgan fingerprint density at radius 1 is 1.47 bits per heavy atom. The van der Waals surface area contributed by atoms with Crippen molar-refractivity contribution in [3.05, 3.63) is 0 Å². The SMILES string of the molecule is CCN(CC1CCCN1CCO)C(=O)OC(C)(C)C. The monoisotopic (exact) mass is 272 g/mol. The van der Waals surface area contributed by atoms with Crippen LogP contribution in [-0.2, 0) is 4.74 Å². The van der Waals surface area contributed by atoms with Gasteiger partial charge in [0, 0.05) is 25.7 Å². The van der Waals surface area contributed by atoms with Crippen LogP contribution in [0.3, 0.4) is 0 Å². The van der Waals surface area contributed by atoms with Crippen LogP contribution in [0.15, 0.2) is 0 Å². The molecule has 1 heterocycles. The third-order valence-electron chi connectivity index (χ3n) is 3.35. The normalized spacial score (nSPS) is 20.6. The lowest BCUT2D eigenvalue weighted by Crippen LogP contribution is -2.45. The third-order valence-corrected chi connectivity index (χ3v) is 3.35. The van der Waals surface area contributed by atoms with E-state index in [-0.39, 0.29) is 12.7 Å². The van der Waals surface area contributed by atoms with Crippen LogP contribution in [0.25, 0.3) is 0 Å². The van der Waals surface area contributed by atoms with E-state index in [1.54, 1.807) is 4.90 Å².